The summed E-state index contributed by atoms with van der Waals surface area (Å²) >= 11 is 5.73. The maximum atomic E-state index is 11.8. The van der Waals surface area contributed by atoms with Gasteiger partial charge in [-0.15, -0.1) is 0 Å². The number of rotatable bonds is 5. The van der Waals surface area contributed by atoms with E-state index in [-0.39, 0.29) is 11.1 Å². The number of benzene rings is 1. The number of hydrogen-bond acceptors (Lipinski definition) is 5. The van der Waals surface area contributed by atoms with Crippen molar-refractivity contribution in [2.75, 3.05) is 12.4 Å². The Bertz CT molecular complexity index is 605. The number of nitrogens with one attached hydrogen (secondary N) is 1. The smallest absolute Gasteiger partial charge is 0.224 e. The highest BCUT2D eigenvalue weighted by Gasteiger charge is 2.20. The Balaban J connectivity index is 2.32. The number of hydrogen-bond donors (Lipinski definition) is 1. The third-order valence-corrected chi connectivity index (χ3v) is 2.86. The van der Waals surface area contributed by atoms with E-state index in [9.17, 15) is 4.79 Å². The standard InChI is InChI=1S/C14H14ClN3O2/c1-9(19)12(10-6-4-3-5-7-10)20-11-8-17-14(15)18-13(11)16-2/h3-8,12H,1-2H3,(H,16,17,18). The molecule has 0 saturated heterocycles. The molecule has 0 radical (unpaired) electrons. The second-order valence-corrected chi connectivity index (χ2v) is 4.46. The first kappa shape index (κ1) is 14.3. The average molecular weight is 292 g/mol. The largest absolute Gasteiger partial charge is 0.472 e. The van der Waals surface area contributed by atoms with Crippen LogP contribution in [0.5, 0.6) is 5.75 Å². The molecule has 1 atom stereocenters. The minimum Gasteiger partial charge on any atom is -0.472 e. The molecule has 1 aromatic carbocycles. The van der Waals surface area contributed by atoms with E-state index in [1.54, 1.807) is 7.05 Å². The minimum absolute atomic E-state index is 0.104. The van der Waals surface area contributed by atoms with Crippen molar-refractivity contribution in [1.82, 2.24) is 9.97 Å². The molecular weight excluding hydrogens is 278 g/mol. The quantitative estimate of drug-likeness (QED) is 0.858. The zero-order chi connectivity index (χ0) is 14.5. The van der Waals surface area contributed by atoms with E-state index in [0.717, 1.165) is 5.56 Å². The molecule has 5 nitrogen and oxygen atoms in total. The van der Waals surface area contributed by atoms with E-state index in [1.165, 1.54) is 13.1 Å². The number of anilines is 1. The SMILES string of the molecule is CNc1nc(Cl)ncc1OC(C(C)=O)c1ccccc1. The number of carbonyl (C=O) groups excluding carboxylic acids is 1. The summed E-state index contributed by atoms with van der Waals surface area (Å²) in [7, 11) is 1.69. The van der Waals surface area contributed by atoms with Crippen LogP contribution in [0.4, 0.5) is 5.82 Å². The van der Waals surface area contributed by atoms with Gasteiger partial charge in [-0.3, -0.25) is 4.79 Å². The second kappa shape index (κ2) is 6.34. The van der Waals surface area contributed by atoms with Crippen LogP contribution in [-0.2, 0) is 4.79 Å². The molecule has 0 fully saturated rings. The van der Waals surface area contributed by atoms with Crippen LogP contribution in [0.25, 0.3) is 0 Å². The average Bonchev–Trinajstić information content (AvgIpc) is 2.46. The summed E-state index contributed by atoms with van der Waals surface area (Å²) in [5, 5.41) is 2.97. The molecule has 104 valence electrons. The number of ketones is 1. The summed E-state index contributed by atoms with van der Waals surface area (Å²) in [6.45, 7) is 1.48. The predicted octanol–water partition coefficient (Wildman–Crippen LogP) is 2.88. The van der Waals surface area contributed by atoms with Crippen LogP contribution in [-0.4, -0.2) is 22.8 Å². The van der Waals surface area contributed by atoms with Crippen LogP contribution in [0.3, 0.4) is 0 Å². The summed E-state index contributed by atoms with van der Waals surface area (Å²) < 4.78 is 5.74. The van der Waals surface area contributed by atoms with Gasteiger partial charge >= 0.3 is 0 Å². The molecule has 20 heavy (non-hydrogen) atoms. The van der Waals surface area contributed by atoms with Crippen molar-refractivity contribution < 1.29 is 9.53 Å². The Morgan fingerprint density at radius 3 is 2.65 bits per heavy atom. The van der Waals surface area contributed by atoms with Gasteiger partial charge < -0.3 is 10.1 Å². The van der Waals surface area contributed by atoms with Gasteiger partial charge in [-0.1, -0.05) is 30.3 Å². The van der Waals surface area contributed by atoms with Gasteiger partial charge in [0.05, 0.1) is 6.20 Å². The summed E-state index contributed by atoms with van der Waals surface area (Å²) in [5.41, 5.74) is 0.775. The van der Waals surface area contributed by atoms with E-state index in [4.69, 9.17) is 16.3 Å². The lowest BCUT2D eigenvalue weighted by Crippen LogP contribution is -2.17. The summed E-state index contributed by atoms with van der Waals surface area (Å²) in [5.74, 6) is 0.710. The van der Waals surface area contributed by atoms with Crippen molar-refractivity contribution in [2.24, 2.45) is 0 Å². The number of Topliss-reactive ketones (excluding diaryl/α,β-unsaturated/α-hetero) is 1. The molecule has 1 N–H and O–H groups in total. The molecule has 2 aromatic rings. The van der Waals surface area contributed by atoms with E-state index >= 15 is 0 Å². The van der Waals surface area contributed by atoms with Gasteiger partial charge in [0.2, 0.25) is 5.28 Å². The summed E-state index contributed by atoms with van der Waals surface area (Å²) in [4.78, 5) is 19.7. The van der Waals surface area contributed by atoms with Gasteiger partial charge in [-0.25, -0.2) is 4.98 Å². The molecule has 0 spiro atoms. The molecule has 6 heteroatoms. The Labute approximate surface area is 122 Å². The van der Waals surface area contributed by atoms with Crippen LogP contribution in [0.15, 0.2) is 36.5 Å². The van der Waals surface area contributed by atoms with Crippen LogP contribution in [0, 0.1) is 0 Å². The number of nitrogens with zero attached hydrogens (tertiary/aromatic N) is 2. The highest BCUT2D eigenvalue weighted by molar-refractivity contribution is 6.28. The van der Waals surface area contributed by atoms with E-state index in [2.05, 4.69) is 15.3 Å². The lowest BCUT2D eigenvalue weighted by molar-refractivity contribution is -0.123. The highest BCUT2D eigenvalue weighted by atomic mass is 35.5. The first-order valence-corrected chi connectivity index (χ1v) is 6.42. The van der Waals surface area contributed by atoms with Gasteiger partial charge in [0.15, 0.2) is 23.5 Å². The van der Waals surface area contributed by atoms with Gasteiger partial charge in [0.25, 0.3) is 0 Å². The number of aromatic nitrogens is 2. The van der Waals surface area contributed by atoms with Gasteiger partial charge in [0, 0.05) is 7.05 Å². The van der Waals surface area contributed by atoms with E-state index < -0.39 is 6.10 Å². The maximum Gasteiger partial charge on any atom is 0.224 e. The van der Waals surface area contributed by atoms with Crippen LogP contribution < -0.4 is 10.1 Å². The Hall–Kier alpha value is -2.14. The van der Waals surface area contributed by atoms with Crippen LogP contribution in [0.1, 0.15) is 18.6 Å². The lowest BCUT2D eigenvalue weighted by atomic mass is 10.1. The molecule has 0 aliphatic heterocycles. The Kier molecular flexibility index (Phi) is 4.53. The normalized spacial score (nSPS) is 11.8. The minimum atomic E-state index is -0.701. The third-order valence-electron chi connectivity index (χ3n) is 2.68. The maximum absolute atomic E-state index is 11.8. The lowest BCUT2D eigenvalue weighted by Gasteiger charge is -2.18. The van der Waals surface area contributed by atoms with Gasteiger partial charge in [0.1, 0.15) is 0 Å². The molecule has 0 aliphatic rings. The molecule has 2 rings (SSSR count). The van der Waals surface area contributed by atoms with Crippen molar-refractivity contribution in [2.45, 2.75) is 13.0 Å². The van der Waals surface area contributed by atoms with Crippen LogP contribution in [0.2, 0.25) is 5.28 Å². The molecule has 0 saturated carbocycles. The van der Waals surface area contributed by atoms with E-state index in [0.29, 0.717) is 11.6 Å². The molecule has 1 heterocycles. The summed E-state index contributed by atoms with van der Waals surface area (Å²) in [6, 6.07) is 9.26. The monoisotopic (exact) mass is 291 g/mol. The van der Waals surface area contributed by atoms with Crippen molar-refractivity contribution in [3.8, 4) is 5.75 Å². The fourth-order valence-electron chi connectivity index (χ4n) is 1.76. The molecule has 1 unspecified atom stereocenters. The summed E-state index contributed by atoms with van der Waals surface area (Å²) in [6.07, 6.45) is 0.744. The topological polar surface area (TPSA) is 64.1 Å². The van der Waals surface area contributed by atoms with Crippen LogP contribution >= 0.6 is 11.6 Å². The van der Waals surface area contributed by atoms with Crippen molar-refractivity contribution in [3.05, 3.63) is 47.4 Å². The Morgan fingerprint density at radius 1 is 1.35 bits per heavy atom. The van der Waals surface area contributed by atoms with Crippen molar-refractivity contribution in [3.63, 3.8) is 0 Å². The van der Waals surface area contributed by atoms with Gasteiger partial charge in [-0.2, -0.15) is 4.98 Å². The fraction of sp³-hybridized carbons (Fsp3) is 0.214. The van der Waals surface area contributed by atoms with Crippen molar-refractivity contribution in [1.29, 1.82) is 0 Å². The van der Waals surface area contributed by atoms with Gasteiger partial charge in [-0.05, 0) is 24.1 Å². The zero-order valence-corrected chi connectivity index (χ0v) is 11.9. The molecule has 1 aromatic heterocycles. The first-order chi connectivity index (χ1) is 9.61. The molecule has 0 amide bonds. The first-order valence-electron chi connectivity index (χ1n) is 6.04. The molecular formula is C14H14ClN3O2. The third kappa shape index (κ3) is 3.24. The molecule has 0 aliphatic carbocycles. The molecule has 0 bridgehead atoms. The number of ether oxygens (including phenoxy) is 1. The number of halogens is 1. The fourth-order valence-corrected chi connectivity index (χ4v) is 1.89. The van der Waals surface area contributed by atoms with Crippen molar-refractivity contribution >= 4 is 23.2 Å². The zero-order valence-electron chi connectivity index (χ0n) is 11.1. The van der Waals surface area contributed by atoms with E-state index in [1.807, 2.05) is 30.3 Å². The number of carbonyl (C=O) groups is 1. The second-order valence-electron chi connectivity index (χ2n) is 4.12. The predicted molar refractivity (Wildman–Crippen MR) is 77.1 cm³/mol. The highest BCUT2D eigenvalue weighted by Crippen LogP contribution is 2.28. The Morgan fingerprint density at radius 2 is 2.05 bits per heavy atom.